The number of carbonyl (C=O) groups is 1. The van der Waals surface area contributed by atoms with Gasteiger partial charge in [-0.3, -0.25) is 9.69 Å². The van der Waals surface area contributed by atoms with Crippen molar-refractivity contribution in [2.45, 2.75) is 25.8 Å². The van der Waals surface area contributed by atoms with Crippen molar-refractivity contribution in [1.82, 2.24) is 4.90 Å². The van der Waals surface area contributed by atoms with E-state index in [1.54, 1.807) is 0 Å². The van der Waals surface area contributed by atoms with E-state index in [0.29, 0.717) is 6.54 Å². The molecule has 1 heterocycles. The van der Waals surface area contributed by atoms with E-state index in [-0.39, 0.29) is 18.5 Å². The van der Waals surface area contributed by atoms with Crippen molar-refractivity contribution in [1.29, 1.82) is 5.41 Å². The maximum Gasteiger partial charge on any atom is 0.307 e. The molecular weight excluding hydrogens is 280 g/mol. The van der Waals surface area contributed by atoms with E-state index in [4.69, 9.17) is 5.41 Å². The van der Waals surface area contributed by atoms with Crippen LogP contribution in [0.15, 0.2) is 34.5 Å². The van der Waals surface area contributed by atoms with Crippen LogP contribution in [0, 0.1) is 11.3 Å². The number of carboxylic acid groups (broad SMARTS) is 1. The molecule has 1 aliphatic rings. The third-order valence-electron chi connectivity index (χ3n) is 4.09. The second kappa shape index (κ2) is 7.79. The van der Waals surface area contributed by atoms with E-state index < -0.39 is 5.97 Å². The van der Waals surface area contributed by atoms with Gasteiger partial charge in [-0.1, -0.05) is 18.2 Å². The van der Waals surface area contributed by atoms with E-state index >= 15 is 0 Å². The highest BCUT2D eigenvalue weighted by Crippen LogP contribution is 2.32. The van der Waals surface area contributed by atoms with E-state index in [2.05, 4.69) is 22.1 Å². The molecule has 1 saturated heterocycles. The number of rotatable bonds is 6. The molecule has 2 atom stereocenters. The lowest BCUT2D eigenvalue weighted by atomic mass is 9.95. The molecule has 0 amide bonds. The summed E-state index contributed by atoms with van der Waals surface area (Å²) in [7, 11) is 0. The Labute approximate surface area is 130 Å². The molecule has 1 aromatic carbocycles. The molecule has 22 heavy (non-hydrogen) atoms. The van der Waals surface area contributed by atoms with Crippen LogP contribution in [0.4, 0.5) is 5.69 Å². The van der Waals surface area contributed by atoms with Crippen LogP contribution < -0.4 is 0 Å². The quantitative estimate of drug-likeness (QED) is 0.624. The fourth-order valence-corrected chi connectivity index (χ4v) is 2.85. The number of aliphatic carboxylic acids is 1. The average Bonchev–Trinajstić information content (AvgIpc) is 2.55. The monoisotopic (exact) mass is 302 g/mol. The molecule has 118 valence electrons. The van der Waals surface area contributed by atoms with Crippen molar-refractivity contribution < 1.29 is 9.90 Å². The number of hydrogen-bond donors (Lipinski definition) is 2. The lowest BCUT2D eigenvalue weighted by Gasteiger charge is -2.35. The van der Waals surface area contributed by atoms with Gasteiger partial charge in [0, 0.05) is 18.8 Å². The number of carboxylic acids is 1. The average molecular weight is 302 g/mol. The standard InChI is InChI=1S/C16H22N4O2/c1-12(20-10-4-5-13(11-20)16(21)22)14-6-2-3-7-15(14)19-18-9-8-17/h2-3,6-8,12-13,17H,4-5,9-11H2,1H3,(H,21,22). The molecule has 0 aromatic heterocycles. The molecule has 2 unspecified atom stereocenters. The van der Waals surface area contributed by atoms with E-state index in [1.807, 2.05) is 24.3 Å². The Morgan fingerprint density at radius 1 is 1.55 bits per heavy atom. The SMILES string of the molecule is CC(c1ccccc1N=NCC=N)N1CCCC(C(=O)O)C1. The van der Waals surface area contributed by atoms with Crippen molar-refractivity contribution in [2.24, 2.45) is 16.1 Å². The fourth-order valence-electron chi connectivity index (χ4n) is 2.85. The first-order chi connectivity index (χ1) is 10.6. The topological polar surface area (TPSA) is 89.1 Å². The van der Waals surface area contributed by atoms with Gasteiger partial charge in [0.1, 0.15) is 0 Å². The van der Waals surface area contributed by atoms with Crippen molar-refractivity contribution in [3.05, 3.63) is 29.8 Å². The smallest absolute Gasteiger partial charge is 0.307 e. The molecule has 1 aliphatic heterocycles. The highest BCUT2D eigenvalue weighted by Gasteiger charge is 2.29. The second-order valence-corrected chi connectivity index (χ2v) is 5.54. The zero-order chi connectivity index (χ0) is 15.9. The summed E-state index contributed by atoms with van der Waals surface area (Å²) in [5.41, 5.74) is 1.83. The summed E-state index contributed by atoms with van der Waals surface area (Å²) in [5.74, 6) is -1.00. The Morgan fingerprint density at radius 2 is 2.32 bits per heavy atom. The van der Waals surface area contributed by atoms with Gasteiger partial charge >= 0.3 is 5.97 Å². The van der Waals surface area contributed by atoms with Gasteiger partial charge in [-0.15, -0.1) is 0 Å². The van der Waals surface area contributed by atoms with Gasteiger partial charge < -0.3 is 10.5 Å². The first-order valence-corrected chi connectivity index (χ1v) is 7.55. The number of nitrogens with zero attached hydrogens (tertiary/aromatic N) is 3. The minimum Gasteiger partial charge on any atom is -0.481 e. The zero-order valence-corrected chi connectivity index (χ0v) is 12.8. The molecule has 1 fully saturated rings. The third-order valence-corrected chi connectivity index (χ3v) is 4.09. The number of nitrogens with one attached hydrogen (secondary N) is 1. The highest BCUT2D eigenvalue weighted by molar-refractivity contribution is 5.70. The number of likely N-dealkylation sites (tertiary alicyclic amines) is 1. The van der Waals surface area contributed by atoms with Crippen LogP contribution in [0.1, 0.15) is 31.4 Å². The first-order valence-electron chi connectivity index (χ1n) is 7.55. The van der Waals surface area contributed by atoms with Gasteiger partial charge in [0.2, 0.25) is 0 Å². The molecule has 0 aliphatic carbocycles. The van der Waals surface area contributed by atoms with Gasteiger partial charge in [-0.25, -0.2) is 0 Å². The van der Waals surface area contributed by atoms with Crippen LogP contribution in [0.2, 0.25) is 0 Å². The largest absolute Gasteiger partial charge is 0.481 e. The Morgan fingerprint density at radius 3 is 3.05 bits per heavy atom. The second-order valence-electron chi connectivity index (χ2n) is 5.54. The van der Waals surface area contributed by atoms with Gasteiger partial charge in [0.25, 0.3) is 0 Å². The summed E-state index contributed by atoms with van der Waals surface area (Å²) in [6, 6.07) is 7.87. The van der Waals surface area contributed by atoms with Gasteiger partial charge in [-0.05, 0) is 37.9 Å². The fraction of sp³-hybridized carbons (Fsp3) is 0.500. The van der Waals surface area contributed by atoms with Crippen molar-refractivity contribution >= 4 is 17.9 Å². The van der Waals surface area contributed by atoms with Crippen LogP contribution >= 0.6 is 0 Å². The Bertz CT molecular complexity index is 559. The Kier molecular flexibility index (Phi) is 5.77. The van der Waals surface area contributed by atoms with Gasteiger partial charge in [-0.2, -0.15) is 10.2 Å². The summed E-state index contributed by atoms with van der Waals surface area (Å²) >= 11 is 0. The first kappa shape index (κ1) is 16.3. The Hall–Kier alpha value is -2.08. The molecular formula is C16H22N4O2. The van der Waals surface area contributed by atoms with Crippen LogP contribution in [0.3, 0.4) is 0 Å². The Balaban J connectivity index is 2.16. The molecule has 6 nitrogen and oxygen atoms in total. The highest BCUT2D eigenvalue weighted by atomic mass is 16.4. The predicted octanol–water partition coefficient (Wildman–Crippen LogP) is 3.28. The van der Waals surface area contributed by atoms with Crippen LogP contribution in [-0.2, 0) is 4.79 Å². The van der Waals surface area contributed by atoms with Crippen molar-refractivity contribution in [3.63, 3.8) is 0 Å². The van der Waals surface area contributed by atoms with E-state index in [0.717, 1.165) is 30.6 Å². The van der Waals surface area contributed by atoms with Crippen molar-refractivity contribution in [2.75, 3.05) is 19.6 Å². The number of benzene rings is 1. The number of hydrogen-bond acceptors (Lipinski definition) is 5. The van der Waals surface area contributed by atoms with E-state index in [1.165, 1.54) is 6.21 Å². The molecule has 0 bridgehead atoms. The normalized spacial score (nSPS) is 20.9. The van der Waals surface area contributed by atoms with Crippen LogP contribution in [0.25, 0.3) is 0 Å². The predicted molar refractivity (Wildman–Crippen MR) is 85.0 cm³/mol. The lowest BCUT2D eigenvalue weighted by molar-refractivity contribution is -0.143. The zero-order valence-electron chi connectivity index (χ0n) is 12.8. The molecule has 6 heteroatoms. The molecule has 0 saturated carbocycles. The summed E-state index contributed by atoms with van der Waals surface area (Å²) in [6.45, 7) is 3.82. The van der Waals surface area contributed by atoms with Gasteiger partial charge in [0.15, 0.2) is 0 Å². The summed E-state index contributed by atoms with van der Waals surface area (Å²) in [5, 5.41) is 24.4. The molecule has 0 radical (unpaired) electrons. The number of azo groups is 1. The van der Waals surface area contributed by atoms with Crippen LogP contribution in [0.5, 0.6) is 0 Å². The van der Waals surface area contributed by atoms with Crippen LogP contribution in [-0.4, -0.2) is 41.8 Å². The van der Waals surface area contributed by atoms with E-state index in [9.17, 15) is 9.90 Å². The summed E-state index contributed by atoms with van der Waals surface area (Å²) in [6.07, 6.45) is 2.86. The minimum atomic E-state index is -0.712. The number of piperidine rings is 1. The molecule has 0 spiro atoms. The van der Waals surface area contributed by atoms with Gasteiger partial charge in [0.05, 0.1) is 18.2 Å². The molecule has 2 rings (SSSR count). The molecule has 1 aromatic rings. The summed E-state index contributed by atoms with van der Waals surface area (Å²) < 4.78 is 0. The lowest BCUT2D eigenvalue weighted by Crippen LogP contribution is -2.40. The summed E-state index contributed by atoms with van der Waals surface area (Å²) in [4.78, 5) is 13.4. The third kappa shape index (κ3) is 3.98. The van der Waals surface area contributed by atoms with Crippen molar-refractivity contribution in [3.8, 4) is 0 Å². The maximum atomic E-state index is 11.2. The molecule has 2 N–H and O–H groups in total. The minimum absolute atomic E-state index is 0.0947. The maximum absolute atomic E-state index is 11.2.